The number of para-hydroxylation sites is 1. The maximum atomic E-state index is 13.0. The summed E-state index contributed by atoms with van der Waals surface area (Å²) in [5.41, 5.74) is 2.38. The molecule has 36 heavy (non-hydrogen) atoms. The molecule has 1 aromatic heterocycles. The van der Waals surface area contributed by atoms with E-state index in [1.54, 1.807) is 23.6 Å². The summed E-state index contributed by atoms with van der Waals surface area (Å²) in [6.07, 6.45) is 4.95. The SMILES string of the molecule is C[C@@H](OC(=O)CCc1nc2ccccc2c(=O)n1C1CC1)C(=O)Nc1ccc(N2CCCCC2)cc1. The molecule has 3 aromatic rings. The number of hydrogen-bond donors (Lipinski definition) is 1. The second-order valence-electron chi connectivity index (χ2n) is 9.67. The number of anilines is 2. The van der Waals surface area contributed by atoms with Crippen LogP contribution in [0.5, 0.6) is 0 Å². The summed E-state index contributed by atoms with van der Waals surface area (Å²) in [7, 11) is 0. The zero-order chi connectivity index (χ0) is 25.1. The van der Waals surface area contributed by atoms with E-state index >= 15 is 0 Å². The fraction of sp³-hybridized carbons (Fsp3) is 0.429. The standard InChI is InChI=1S/C28H32N4O4/c1-19(27(34)29-20-9-11-21(12-10-20)31-17-5-2-6-18-31)36-26(33)16-15-25-30-24-8-4-3-7-23(24)28(35)32(25)22-13-14-22/h3-4,7-12,19,22H,2,5-6,13-18H2,1H3,(H,29,34)/t19-/m1/s1. The van der Waals surface area contributed by atoms with Crippen molar-refractivity contribution < 1.29 is 14.3 Å². The molecule has 1 amide bonds. The molecule has 8 nitrogen and oxygen atoms in total. The van der Waals surface area contributed by atoms with Gasteiger partial charge in [0.1, 0.15) is 5.82 Å². The average Bonchev–Trinajstić information content (AvgIpc) is 3.73. The van der Waals surface area contributed by atoms with Gasteiger partial charge in [-0.3, -0.25) is 19.0 Å². The van der Waals surface area contributed by atoms with Crippen LogP contribution in [0, 0.1) is 0 Å². The number of ether oxygens (including phenoxy) is 1. The Morgan fingerprint density at radius 1 is 1.06 bits per heavy atom. The summed E-state index contributed by atoms with van der Waals surface area (Å²) in [5, 5.41) is 3.41. The predicted molar refractivity (Wildman–Crippen MR) is 139 cm³/mol. The van der Waals surface area contributed by atoms with Gasteiger partial charge in [-0.1, -0.05) is 12.1 Å². The molecule has 2 heterocycles. The number of piperidine rings is 1. The summed E-state index contributed by atoms with van der Waals surface area (Å²) in [6, 6.07) is 15.2. The lowest BCUT2D eigenvalue weighted by Crippen LogP contribution is -2.31. The van der Waals surface area contributed by atoms with Crippen molar-refractivity contribution in [2.75, 3.05) is 23.3 Å². The number of hydrogen-bond acceptors (Lipinski definition) is 6. The zero-order valence-electron chi connectivity index (χ0n) is 20.6. The highest BCUT2D eigenvalue weighted by Crippen LogP contribution is 2.35. The molecule has 2 fully saturated rings. The van der Waals surface area contributed by atoms with Crippen LogP contribution in [-0.2, 0) is 20.7 Å². The molecular weight excluding hydrogens is 456 g/mol. The molecule has 0 spiro atoms. The van der Waals surface area contributed by atoms with Gasteiger partial charge in [0.25, 0.3) is 11.5 Å². The first-order valence-corrected chi connectivity index (χ1v) is 12.8. The van der Waals surface area contributed by atoms with Crippen LogP contribution in [0.1, 0.15) is 57.3 Å². The van der Waals surface area contributed by atoms with Crippen LogP contribution in [0.15, 0.2) is 53.3 Å². The van der Waals surface area contributed by atoms with E-state index in [1.807, 2.05) is 36.4 Å². The minimum Gasteiger partial charge on any atom is -0.453 e. The summed E-state index contributed by atoms with van der Waals surface area (Å²) in [5.74, 6) is -0.292. The van der Waals surface area contributed by atoms with E-state index in [9.17, 15) is 14.4 Å². The Morgan fingerprint density at radius 3 is 2.50 bits per heavy atom. The Bertz CT molecular complexity index is 1310. The Hall–Kier alpha value is -3.68. The minimum atomic E-state index is -0.936. The lowest BCUT2D eigenvalue weighted by Gasteiger charge is -2.28. The van der Waals surface area contributed by atoms with E-state index < -0.39 is 12.1 Å². The molecule has 1 N–H and O–H groups in total. The highest BCUT2D eigenvalue weighted by molar-refractivity contribution is 5.95. The number of aromatic nitrogens is 2. The second kappa shape index (κ2) is 10.5. The fourth-order valence-electron chi connectivity index (χ4n) is 4.75. The van der Waals surface area contributed by atoms with Crippen LogP contribution in [0.25, 0.3) is 10.9 Å². The first-order chi connectivity index (χ1) is 17.5. The van der Waals surface area contributed by atoms with Crippen molar-refractivity contribution in [1.82, 2.24) is 9.55 Å². The third-order valence-corrected chi connectivity index (χ3v) is 6.88. The van der Waals surface area contributed by atoms with E-state index in [1.165, 1.54) is 19.3 Å². The second-order valence-corrected chi connectivity index (χ2v) is 9.67. The molecule has 1 atom stereocenters. The van der Waals surface area contributed by atoms with Crippen molar-refractivity contribution in [3.05, 3.63) is 64.7 Å². The molecule has 1 aliphatic carbocycles. The van der Waals surface area contributed by atoms with Crippen molar-refractivity contribution in [3.8, 4) is 0 Å². The fourth-order valence-corrected chi connectivity index (χ4v) is 4.75. The molecule has 2 aliphatic rings. The van der Waals surface area contributed by atoms with Crippen molar-refractivity contribution in [2.45, 2.75) is 64.0 Å². The van der Waals surface area contributed by atoms with Gasteiger partial charge >= 0.3 is 5.97 Å². The molecule has 0 unspecified atom stereocenters. The molecule has 8 heteroatoms. The highest BCUT2D eigenvalue weighted by Gasteiger charge is 2.28. The van der Waals surface area contributed by atoms with Gasteiger partial charge < -0.3 is 15.0 Å². The topological polar surface area (TPSA) is 93.5 Å². The van der Waals surface area contributed by atoms with Gasteiger partial charge in [0.15, 0.2) is 6.10 Å². The van der Waals surface area contributed by atoms with Gasteiger partial charge in [-0.15, -0.1) is 0 Å². The number of nitrogens with zero attached hydrogens (tertiary/aromatic N) is 3. The van der Waals surface area contributed by atoms with Gasteiger partial charge in [0.05, 0.1) is 17.3 Å². The number of carbonyl (C=O) groups excluding carboxylic acids is 2. The van der Waals surface area contributed by atoms with Crippen molar-refractivity contribution >= 4 is 34.2 Å². The summed E-state index contributed by atoms with van der Waals surface area (Å²) in [6.45, 7) is 3.68. The number of amides is 1. The summed E-state index contributed by atoms with van der Waals surface area (Å²) >= 11 is 0. The third-order valence-electron chi connectivity index (χ3n) is 6.88. The molecule has 1 saturated heterocycles. The molecule has 0 bridgehead atoms. The third kappa shape index (κ3) is 5.42. The normalized spacial score (nSPS) is 16.5. The Morgan fingerprint density at radius 2 is 1.78 bits per heavy atom. The van der Waals surface area contributed by atoms with Crippen LogP contribution in [0.4, 0.5) is 11.4 Å². The van der Waals surface area contributed by atoms with Crippen LogP contribution >= 0.6 is 0 Å². The maximum Gasteiger partial charge on any atom is 0.307 e. The highest BCUT2D eigenvalue weighted by atomic mass is 16.5. The Labute approximate surface area is 210 Å². The van der Waals surface area contributed by atoms with Gasteiger partial charge in [-0.2, -0.15) is 0 Å². The van der Waals surface area contributed by atoms with E-state index in [0.29, 0.717) is 22.4 Å². The van der Waals surface area contributed by atoms with Crippen LogP contribution in [0.3, 0.4) is 0 Å². The van der Waals surface area contributed by atoms with Crippen LogP contribution in [0.2, 0.25) is 0 Å². The number of benzene rings is 2. The largest absolute Gasteiger partial charge is 0.453 e. The lowest BCUT2D eigenvalue weighted by molar-refractivity contribution is -0.153. The molecule has 0 radical (unpaired) electrons. The van der Waals surface area contributed by atoms with Gasteiger partial charge in [0, 0.05) is 36.9 Å². The Kier molecular flexibility index (Phi) is 7.02. The smallest absolute Gasteiger partial charge is 0.307 e. The first-order valence-electron chi connectivity index (χ1n) is 12.8. The van der Waals surface area contributed by atoms with Crippen molar-refractivity contribution in [3.63, 3.8) is 0 Å². The van der Waals surface area contributed by atoms with E-state index in [-0.39, 0.29) is 30.3 Å². The number of esters is 1. The molecule has 188 valence electrons. The van der Waals surface area contributed by atoms with E-state index in [2.05, 4.69) is 15.2 Å². The first kappa shape index (κ1) is 24.0. The van der Waals surface area contributed by atoms with Crippen LogP contribution < -0.4 is 15.8 Å². The monoisotopic (exact) mass is 488 g/mol. The van der Waals surface area contributed by atoms with Gasteiger partial charge in [-0.25, -0.2) is 4.98 Å². The summed E-state index contributed by atoms with van der Waals surface area (Å²) in [4.78, 5) is 45.1. The van der Waals surface area contributed by atoms with Gasteiger partial charge in [0.2, 0.25) is 0 Å². The predicted octanol–water partition coefficient (Wildman–Crippen LogP) is 4.22. The average molecular weight is 489 g/mol. The number of carbonyl (C=O) groups is 2. The summed E-state index contributed by atoms with van der Waals surface area (Å²) < 4.78 is 7.11. The molecule has 1 saturated carbocycles. The quantitative estimate of drug-likeness (QED) is 0.477. The molecule has 1 aliphatic heterocycles. The maximum absolute atomic E-state index is 13.0. The molecular formula is C28H32N4O4. The van der Waals surface area contributed by atoms with Gasteiger partial charge in [-0.05, 0) is 75.4 Å². The Balaban J connectivity index is 1.16. The number of nitrogens with one attached hydrogen (secondary N) is 1. The van der Waals surface area contributed by atoms with Crippen molar-refractivity contribution in [2.24, 2.45) is 0 Å². The van der Waals surface area contributed by atoms with Crippen molar-refractivity contribution in [1.29, 1.82) is 0 Å². The number of aryl methyl sites for hydroxylation is 1. The zero-order valence-corrected chi connectivity index (χ0v) is 20.6. The van der Waals surface area contributed by atoms with Crippen LogP contribution in [-0.4, -0.2) is 40.6 Å². The minimum absolute atomic E-state index is 0.0413. The van der Waals surface area contributed by atoms with E-state index in [4.69, 9.17) is 4.74 Å². The molecule has 2 aromatic carbocycles. The number of fused-ring (bicyclic) bond motifs is 1. The lowest BCUT2D eigenvalue weighted by atomic mass is 10.1. The van der Waals surface area contributed by atoms with E-state index in [0.717, 1.165) is 31.6 Å². The number of rotatable bonds is 8. The molecule has 5 rings (SSSR count).